The predicted octanol–water partition coefficient (Wildman–Crippen LogP) is 4.90. The molecule has 1 aromatic heterocycles. The van der Waals surface area contributed by atoms with E-state index in [-0.39, 0.29) is 23.1 Å². The topological polar surface area (TPSA) is 93.2 Å². The summed E-state index contributed by atoms with van der Waals surface area (Å²) in [4.78, 5) is 25.7. The van der Waals surface area contributed by atoms with Crippen LogP contribution < -0.4 is 15.4 Å². The Morgan fingerprint density at radius 3 is 2.33 bits per heavy atom. The van der Waals surface area contributed by atoms with Crippen molar-refractivity contribution in [2.75, 3.05) is 12.4 Å². The molecule has 33 heavy (non-hydrogen) atoms. The molecular formula is C25H30N4O3S. The maximum Gasteiger partial charge on any atom is 0.251 e. The van der Waals surface area contributed by atoms with Crippen molar-refractivity contribution in [2.45, 2.75) is 46.1 Å². The molecule has 0 aliphatic carbocycles. The van der Waals surface area contributed by atoms with Gasteiger partial charge < -0.3 is 10.1 Å². The number of ether oxygens (including phenoxy) is 1. The van der Waals surface area contributed by atoms with Crippen LogP contribution in [0.5, 0.6) is 5.75 Å². The number of rotatable bonds is 7. The highest BCUT2D eigenvalue weighted by Crippen LogP contribution is 2.29. The van der Waals surface area contributed by atoms with Crippen LogP contribution in [0.3, 0.4) is 0 Å². The largest absolute Gasteiger partial charge is 0.497 e. The Kier molecular flexibility index (Phi) is 7.48. The van der Waals surface area contributed by atoms with Crippen molar-refractivity contribution in [1.82, 2.24) is 15.5 Å². The average Bonchev–Trinajstić information content (AvgIpc) is 3.25. The third-order valence-electron chi connectivity index (χ3n) is 5.22. The lowest BCUT2D eigenvalue weighted by Crippen LogP contribution is -2.47. The summed E-state index contributed by atoms with van der Waals surface area (Å²) in [5, 5.41) is 14.9. The van der Waals surface area contributed by atoms with E-state index in [2.05, 4.69) is 41.6 Å². The normalized spacial score (nSPS) is 12.3. The molecule has 7 nitrogen and oxygen atoms in total. The minimum absolute atomic E-state index is 0.000831. The second-order valence-corrected chi connectivity index (χ2v) is 10.1. The Morgan fingerprint density at radius 1 is 1.03 bits per heavy atom. The standard InChI is InChI=1S/C25H30N4O3S/c1-15(2)20(26-21(30)16-10-12-18(13-11-16)25(3,4)5)22(31)27-24-29-28-23(33-24)17-8-7-9-19(14-17)32-6/h7-15,20H,1-6H3,(H,26,30)(H,27,29,31). The number of nitrogens with zero attached hydrogens (tertiary/aromatic N) is 2. The van der Waals surface area contributed by atoms with Crippen molar-refractivity contribution in [3.05, 3.63) is 59.7 Å². The Balaban J connectivity index is 1.69. The monoisotopic (exact) mass is 466 g/mol. The Bertz CT molecular complexity index is 1120. The number of amides is 2. The van der Waals surface area contributed by atoms with Crippen LogP contribution in [0, 0.1) is 5.92 Å². The summed E-state index contributed by atoms with van der Waals surface area (Å²) in [5.41, 5.74) is 2.50. The number of methoxy groups -OCH3 is 1. The van der Waals surface area contributed by atoms with Crippen molar-refractivity contribution in [3.63, 3.8) is 0 Å². The minimum atomic E-state index is -0.719. The van der Waals surface area contributed by atoms with Crippen LogP contribution in [0.2, 0.25) is 0 Å². The van der Waals surface area contributed by atoms with Crippen molar-refractivity contribution in [2.24, 2.45) is 5.92 Å². The van der Waals surface area contributed by atoms with Crippen LogP contribution in [-0.2, 0) is 10.2 Å². The van der Waals surface area contributed by atoms with E-state index in [0.717, 1.165) is 11.1 Å². The average molecular weight is 467 g/mol. The van der Waals surface area contributed by atoms with Gasteiger partial charge in [0, 0.05) is 11.1 Å². The van der Waals surface area contributed by atoms with Crippen molar-refractivity contribution >= 4 is 28.3 Å². The molecule has 3 aromatic rings. The number of benzene rings is 2. The molecule has 0 aliphatic heterocycles. The fourth-order valence-corrected chi connectivity index (χ4v) is 3.95. The zero-order valence-corrected chi connectivity index (χ0v) is 20.6. The van der Waals surface area contributed by atoms with Gasteiger partial charge in [-0.15, -0.1) is 10.2 Å². The molecule has 2 amide bonds. The molecule has 1 atom stereocenters. The summed E-state index contributed by atoms with van der Waals surface area (Å²) in [6.07, 6.45) is 0. The molecule has 0 fully saturated rings. The van der Waals surface area contributed by atoms with Crippen LogP contribution in [0.4, 0.5) is 5.13 Å². The fraction of sp³-hybridized carbons (Fsp3) is 0.360. The molecule has 0 aliphatic rings. The lowest BCUT2D eigenvalue weighted by Gasteiger charge is -2.22. The summed E-state index contributed by atoms with van der Waals surface area (Å²) in [5.74, 6) is -0.0309. The zero-order valence-electron chi connectivity index (χ0n) is 19.8. The Hall–Kier alpha value is -3.26. The minimum Gasteiger partial charge on any atom is -0.497 e. The summed E-state index contributed by atoms with van der Waals surface area (Å²) in [6, 6.07) is 14.2. The van der Waals surface area contributed by atoms with Crippen LogP contribution in [0.15, 0.2) is 48.5 Å². The maximum atomic E-state index is 12.9. The van der Waals surface area contributed by atoms with Gasteiger partial charge in [-0.25, -0.2) is 0 Å². The molecule has 1 heterocycles. The summed E-state index contributed by atoms with van der Waals surface area (Å²) in [7, 11) is 1.60. The Morgan fingerprint density at radius 2 is 1.73 bits per heavy atom. The molecule has 2 aromatic carbocycles. The van der Waals surface area contributed by atoms with Gasteiger partial charge in [0.1, 0.15) is 16.8 Å². The molecule has 174 valence electrons. The molecule has 2 N–H and O–H groups in total. The molecular weight excluding hydrogens is 436 g/mol. The van der Waals surface area contributed by atoms with Gasteiger partial charge >= 0.3 is 0 Å². The molecule has 8 heteroatoms. The first-order valence-electron chi connectivity index (χ1n) is 10.8. The molecule has 0 radical (unpaired) electrons. The highest BCUT2D eigenvalue weighted by Gasteiger charge is 2.26. The summed E-state index contributed by atoms with van der Waals surface area (Å²) >= 11 is 1.26. The third kappa shape index (κ3) is 6.16. The van der Waals surface area contributed by atoms with E-state index in [4.69, 9.17) is 4.74 Å². The number of hydrogen-bond donors (Lipinski definition) is 2. The predicted molar refractivity (Wildman–Crippen MR) is 132 cm³/mol. The lowest BCUT2D eigenvalue weighted by molar-refractivity contribution is -0.118. The number of nitrogens with one attached hydrogen (secondary N) is 2. The number of carbonyl (C=O) groups is 2. The first-order valence-corrected chi connectivity index (χ1v) is 11.6. The van der Waals surface area contributed by atoms with E-state index in [9.17, 15) is 9.59 Å². The van der Waals surface area contributed by atoms with Gasteiger partial charge in [-0.3, -0.25) is 14.9 Å². The van der Waals surface area contributed by atoms with E-state index in [1.54, 1.807) is 19.2 Å². The lowest BCUT2D eigenvalue weighted by atomic mass is 9.86. The molecule has 3 rings (SSSR count). The van der Waals surface area contributed by atoms with E-state index >= 15 is 0 Å². The quantitative estimate of drug-likeness (QED) is 0.516. The number of hydrogen-bond acceptors (Lipinski definition) is 6. The second-order valence-electron chi connectivity index (χ2n) is 9.16. The Labute approximate surface area is 198 Å². The van der Waals surface area contributed by atoms with Gasteiger partial charge in [0.2, 0.25) is 11.0 Å². The highest BCUT2D eigenvalue weighted by atomic mass is 32.1. The zero-order chi connectivity index (χ0) is 24.2. The van der Waals surface area contributed by atoms with Gasteiger partial charge in [0.15, 0.2) is 0 Å². The number of carbonyl (C=O) groups excluding carboxylic acids is 2. The fourth-order valence-electron chi connectivity index (χ4n) is 3.21. The van der Waals surface area contributed by atoms with Gasteiger partial charge in [0.05, 0.1) is 7.11 Å². The van der Waals surface area contributed by atoms with E-state index < -0.39 is 6.04 Å². The van der Waals surface area contributed by atoms with Gasteiger partial charge in [-0.05, 0) is 41.2 Å². The van der Waals surface area contributed by atoms with Crippen molar-refractivity contribution in [3.8, 4) is 16.3 Å². The van der Waals surface area contributed by atoms with E-state index in [1.165, 1.54) is 11.3 Å². The summed E-state index contributed by atoms with van der Waals surface area (Å²) < 4.78 is 5.25. The van der Waals surface area contributed by atoms with Crippen LogP contribution >= 0.6 is 11.3 Å². The van der Waals surface area contributed by atoms with Gasteiger partial charge in [-0.2, -0.15) is 0 Å². The summed E-state index contributed by atoms with van der Waals surface area (Å²) in [6.45, 7) is 10.1. The number of anilines is 1. The highest BCUT2D eigenvalue weighted by molar-refractivity contribution is 7.18. The first kappa shape index (κ1) is 24.4. The van der Waals surface area contributed by atoms with Crippen LogP contribution in [0.1, 0.15) is 50.5 Å². The first-order chi connectivity index (χ1) is 15.6. The molecule has 0 bridgehead atoms. The van der Waals surface area contributed by atoms with Crippen LogP contribution in [0.25, 0.3) is 10.6 Å². The molecule has 0 saturated heterocycles. The van der Waals surface area contributed by atoms with E-state index in [1.807, 2.05) is 50.2 Å². The van der Waals surface area contributed by atoms with Crippen molar-refractivity contribution in [1.29, 1.82) is 0 Å². The smallest absolute Gasteiger partial charge is 0.251 e. The second kappa shape index (κ2) is 10.1. The van der Waals surface area contributed by atoms with E-state index in [0.29, 0.717) is 21.5 Å². The number of aromatic nitrogens is 2. The van der Waals surface area contributed by atoms with Gasteiger partial charge in [0.25, 0.3) is 5.91 Å². The van der Waals surface area contributed by atoms with Gasteiger partial charge in [-0.1, -0.05) is 70.2 Å². The molecule has 1 unspecified atom stereocenters. The molecule has 0 saturated carbocycles. The van der Waals surface area contributed by atoms with Crippen molar-refractivity contribution < 1.29 is 14.3 Å². The van der Waals surface area contributed by atoms with Crippen LogP contribution in [-0.4, -0.2) is 35.2 Å². The maximum absolute atomic E-state index is 12.9. The molecule has 0 spiro atoms. The third-order valence-corrected chi connectivity index (χ3v) is 6.11. The SMILES string of the molecule is COc1cccc(-c2nnc(NC(=O)C(NC(=O)c3ccc(C(C)(C)C)cc3)C(C)C)s2)c1.